The number of carboxylic acid groups (broad SMARTS) is 1. The average Bonchev–Trinajstić information content (AvgIpc) is 3.27. The van der Waals surface area contributed by atoms with Crippen molar-refractivity contribution < 1.29 is 19.0 Å². The number of halogens is 1. The number of methoxy groups -OCH3 is 1. The van der Waals surface area contributed by atoms with Crippen LogP contribution in [0.2, 0.25) is 0 Å². The first kappa shape index (κ1) is 28.2. The molecule has 1 saturated carbocycles. The molecule has 0 amide bonds. The summed E-state index contributed by atoms with van der Waals surface area (Å²) in [5, 5.41) is 9.53. The van der Waals surface area contributed by atoms with Crippen LogP contribution in [0.4, 0.5) is 4.39 Å². The highest BCUT2D eigenvalue weighted by atomic mass is 32.2. The van der Waals surface area contributed by atoms with Crippen molar-refractivity contribution >= 4 is 17.7 Å². The van der Waals surface area contributed by atoms with Crippen molar-refractivity contribution in [1.82, 2.24) is 0 Å². The Hall–Kier alpha value is -2.79. The smallest absolute Gasteiger partial charge is 0.306 e. The number of ether oxygens (including phenoxy) is 1. The second-order valence-electron chi connectivity index (χ2n) is 11.2. The molecule has 3 aromatic carbocycles. The van der Waals surface area contributed by atoms with Crippen molar-refractivity contribution in [2.45, 2.75) is 75.9 Å². The maximum atomic E-state index is 15.1. The van der Waals surface area contributed by atoms with Crippen molar-refractivity contribution in [3.8, 4) is 16.9 Å². The molecule has 3 atom stereocenters. The SMILES string of the molecule is CC[C@H](c1cccc(SCc2ccc(-c3cc(OC)ccc3F)c([C@@H]3CCCC3(C)C)c2)c1)C(C)C(=O)O. The third-order valence-electron chi connectivity index (χ3n) is 8.34. The highest BCUT2D eigenvalue weighted by Gasteiger charge is 2.37. The monoisotopic (exact) mass is 534 g/mol. The molecule has 202 valence electrons. The molecule has 0 spiro atoms. The molecule has 0 bridgehead atoms. The van der Waals surface area contributed by atoms with Crippen LogP contribution in [-0.4, -0.2) is 18.2 Å². The Labute approximate surface area is 230 Å². The molecule has 1 N–H and O–H groups in total. The number of aliphatic carboxylic acids is 1. The summed E-state index contributed by atoms with van der Waals surface area (Å²) in [4.78, 5) is 12.7. The van der Waals surface area contributed by atoms with Crippen LogP contribution in [0.5, 0.6) is 5.75 Å². The Morgan fingerprint density at radius 1 is 1.13 bits per heavy atom. The maximum Gasteiger partial charge on any atom is 0.306 e. The largest absolute Gasteiger partial charge is 0.497 e. The van der Waals surface area contributed by atoms with Gasteiger partial charge < -0.3 is 9.84 Å². The zero-order chi connectivity index (χ0) is 27.4. The van der Waals surface area contributed by atoms with Gasteiger partial charge in [0.1, 0.15) is 11.6 Å². The zero-order valence-corrected chi connectivity index (χ0v) is 23.9. The second-order valence-corrected chi connectivity index (χ2v) is 12.3. The van der Waals surface area contributed by atoms with Crippen LogP contribution in [0.3, 0.4) is 0 Å². The lowest BCUT2D eigenvalue weighted by Crippen LogP contribution is -2.18. The highest BCUT2D eigenvalue weighted by Crippen LogP contribution is 2.51. The molecule has 0 radical (unpaired) electrons. The highest BCUT2D eigenvalue weighted by molar-refractivity contribution is 7.98. The quantitative estimate of drug-likeness (QED) is 0.263. The fourth-order valence-electron chi connectivity index (χ4n) is 6.03. The van der Waals surface area contributed by atoms with E-state index >= 15 is 4.39 Å². The minimum Gasteiger partial charge on any atom is -0.497 e. The summed E-state index contributed by atoms with van der Waals surface area (Å²) in [6.07, 6.45) is 4.22. The van der Waals surface area contributed by atoms with E-state index in [0.29, 0.717) is 17.2 Å². The number of hydrogen-bond donors (Lipinski definition) is 1. The molecule has 0 aliphatic heterocycles. The van der Waals surface area contributed by atoms with Crippen molar-refractivity contribution in [3.63, 3.8) is 0 Å². The van der Waals surface area contributed by atoms with Gasteiger partial charge in [-0.2, -0.15) is 0 Å². The third-order valence-corrected chi connectivity index (χ3v) is 9.40. The van der Waals surface area contributed by atoms with E-state index in [1.807, 2.05) is 19.1 Å². The van der Waals surface area contributed by atoms with Crippen LogP contribution in [0.25, 0.3) is 11.1 Å². The summed E-state index contributed by atoms with van der Waals surface area (Å²) in [6, 6.07) is 19.7. The van der Waals surface area contributed by atoms with Crippen molar-refractivity contribution in [2.24, 2.45) is 11.3 Å². The van der Waals surface area contributed by atoms with Crippen molar-refractivity contribution in [1.29, 1.82) is 0 Å². The van der Waals surface area contributed by atoms with Gasteiger partial charge in [-0.1, -0.05) is 64.4 Å². The fraction of sp³-hybridized carbons (Fsp3) is 0.424. The predicted octanol–water partition coefficient (Wildman–Crippen LogP) is 9.30. The Morgan fingerprint density at radius 2 is 1.92 bits per heavy atom. The van der Waals surface area contributed by atoms with E-state index in [-0.39, 0.29) is 17.2 Å². The molecule has 1 unspecified atom stereocenters. The molecule has 0 saturated heterocycles. The Morgan fingerprint density at radius 3 is 2.58 bits per heavy atom. The Bertz CT molecular complexity index is 1280. The first-order chi connectivity index (χ1) is 18.1. The van der Waals surface area contributed by atoms with Gasteiger partial charge in [0, 0.05) is 16.2 Å². The molecule has 5 heteroatoms. The van der Waals surface area contributed by atoms with Gasteiger partial charge >= 0.3 is 5.97 Å². The number of benzene rings is 3. The lowest BCUT2D eigenvalue weighted by molar-refractivity contribution is -0.141. The van der Waals surface area contributed by atoms with Gasteiger partial charge in [-0.3, -0.25) is 4.79 Å². The van der Waals surface area contributed by atoms with E-state index in [1.165, 1.54) is 23.6 Å². The van der Waals surface area contributed by atoms with Gasteiger partial charge in [-0.05, 0) is 89.1 Å². The predicted molar refractivity (Wildman–Crippen MR) is 155 cm³/mol. The van der Waals surface area contributed by atoms with Crippen LogP contribution >= 0.6 is 11.8 Å². The first-order valence-corrected chi connectivity index (χ1v) is 14.6. The molecule has 1 aliphatic rings. The molecular formula is C33H39FO3S. The Balaban J connectivity index is 1.65. The van der Waals surface area contributed by atoms with E-state index in [2.05, 4.69) is 44.2 Å². The molecule has 3 aromatic rings. The van der Waals surface area contributed by atoms with E-state index < -0.39 is 11.9 Å². The summed E-state index contributed by atoms with van der Waals surface area (Å²) in [5.74, 6) is 0.367. The van der Waals surface area contributed by atoms with Crippen LogP contribution < -0.4 is 4.74 Å². The molecule has 3 nitrogen and oxygen atoms in total. The minimum atomic E-state index is -0.759. The number of hydrogen-bond acceptors (Lipinski definition) is 3. The molecule has 0 heterocycles. The molecule has 4 rings (SSSR count). The topological polar surface area (TPSA) is 46.5 Å². The number of carbonyl (C=O) groups is 1. The second kappa shape index (κ2) is 11.9. The molecule has 38 heavy (non-hydrogen) atoms. The number of carboxylic acids is 1. The number of rotatable bonds is 10. The lowest BCUT2D eigenvalue weighted by atomic mass is 9.75. The van der Waals surface area contributed by atoms with Crippen LogP contribution in [-0.2, 0) is 10.5 Å². The normalized spacial score (nSPS) is 18.2. The van der Waals surface area contributed by atoms with E-state index in [1.54, 1.807) is 37.9 Å². The van der Waals surface area contributed by atoms with Gasteiger partial charge in [-0.25, -0.2) is 4.39 Å². The minimum absolute atomic E-state index is 0.0127. The summed E-state index contributed by atoms with van der Waals surface area (Å²) < 4.78 is 20.5. The molecule has 1 aliphatic carbocycles. The first-order valence-electron chi connectivity index (χ1n) is 13.6. The Kier molecular flexibility index (Phi) is 8.87. The van der Waals surface area contributed by atoms with Crippen LogP contribution in [0.1, 0.15) is 81.9 Å². The van der Waals surface area contributed by atoms with Gasteiger partial charge in [0.2, 0.25) is 0 Å². The lowest BCUT2D eigenvalue weighted by Gasteiger charge is -2.30. The van der Waals surface area contributed by atoms with Gasteiger partial charge in [0.05, 0.1) is 13.0 Å². The summed E-state index contributed by atoms with van der Waals surface area (Å²) in [6.45, 7) is 8.48. The van der Waals surface area contributed by atoms with Crippen LogP contribution in [0, 0.1) is 17.2 Å². The van der Waals surface area contributed by atoms with Gasteiger partial charge in [0.25, 0.3) is 0 Å². The van der Waals surface area contributed by atoms with E-state index in [9.17, 15) is 9.90 Å². The fourth-order valence-corrected chi connectivity index (χ4v) is 6.94. The van der Waals surface area contributed by atoms with Crippen molar-refractivity contribution in [3.05, 3.63) is 83.2 Å². The van der Waals surface area contributed by atoms with Gasteiger partial charge in [-0.15, -0.1) is 11.8 Å². The van der Waals surface area contributed by atoms with Crippen LogP contribution in [0.15, 0.2) is 65.6 Å². The molecule has 0 aromatic heterocycles. The standard InChI is InChI=1S/C33H39FO3S/c1-6-26(21(2)32(35)36)23-9-7-10-25(18-23)38-20-22-12-14-27(29-19-24(37-5)13-15-31(29)34)28(17-22)30-11-8-16-33(30,3)4/h7,9-10,12-15,17-19,21,26,30H,6,8,11,16,20H2,1-5H3,(H,35,36)/t21?,26-,30-/m0/s1. The third kappa shape index (κ3) is 6.09. The molecule has 1 fully saturated rings. The van der Waals surface area contributed by atoms with Crippen molar-refractivity contribution in [2.75, 3.05) is 7.11 Å². The summed E-state index contributed by atoms with van der Waals surface area (Å²) >= 11 is 1.76. The maximum absolute atomic E-state index is 15.1. The zero-order valence-electron chi connectivity index (χ0n) is 23.1. The average molecular weight is 535 g/mol. The van der Waals surface area contributed by atoms with E-state index in [4.69, 9.17) is 4.74 Å². The summed E-state index contributed by atoms with van der Waals surface area (Å²) in [7, 11) is 1.61. The summed E-state index contributed by atoms with van der Waals surface area (Å²) in [5.41, 5.74) is 5.19. The van der Waals surface area contributed by atoms with E-state index in [0.717, 1.165) is 41.0 Å². The molecular weight excluding hydrogens is 495 g/mol. The number of thioether (sulfide) groups is 1. The van der Waals surface area contributed by atoms with Gasteiger partial charge in [0.15, 0.2) is 0 Å².